The van der Waals surface area contributed by atoms with E-state index < -0.39 is 30.5 Å². The fourth-order valence-corrected chi connectivity index (χ4v) is 1.36. The molecule has 1 atom stereocenters. The van der Waals surface area contributed by atoms with Gasteiger partial charge in [-0.15, -0.1) is 0 Å². The highest BCUT2D eigenvalue weighted by Gasteiger charge is 2.70. The molecule has 0 saturated heterocycles. The van der Waals surface area contributed by atoms with Gasteiger partial charge in [0.25, 0.3) is 5.60 Å². The fourth-order valence-electron chi connectivity index (χ4n) is 1.36. The summed E-state index contributed by atoms with van der Waals surface area (Å²) in [4.78, 5) is 0. The van der Waals surface area contributed by atoms with Crippen LogP contribution >= 0.6 is 0 Å². The molecular formula is C9H14F6O2. The first kappa shape index (κ1) is 16.5. The maximum absolute atomic E-state index is 12.2. The number of hydrogen-bond acceptors (Lipinski definition) is 2. The van der Waals surface area contributed by atoms with Gasteiger partial charge in [0, 0.05) is 6.42 Å². The molecule has 0 radical (unpaired) electrons. The van der Waals surface area contributed by atoms with Gasteiger partial charge in [-0.25, -0.2) is 0 Å². The summed E-state index contributed by atoms with van der Waals surface area (Å²) < 4.78 is 73.3. The molecule has 8 heteroatoms. The Bertz CT molecular complexity index is 231. The van der Waals surface area contributed by atoms with E-state index in [2.05, 4.69) is 0 Å². The molecule has 0 bridgehead atoms. The first-order valence-corrected chi connectivity index (χ1v) is 4.85. The van der Waals surface area contributed by atoms with Crippen molar-refractivity contribution < 1.29 is 36.6 Å². The first-order chi connectivity index (χ1) is 7.31. The molecule has 0 aliphatic rings. The maximum atomic E-state index is 12.2. The van der Waals surface area contributed by atoms with Crippen molar-refractivity contribution in [1.82, 2.24) is 0 Å². The number of aliphatic hydroxyl groups is 2. The Morgan fingerprint density at radius 1 is 0.941 bits per heavy atom. The van der Waals surface area contributed by atoms with E-state index >= 15 is 0 Å². The van der Waals surface area contributed by atoms with E-state index in [9.17, 15) is 26.3 Å². The monoisotopic (exact) mass is 268 g/mol. The summed E-state index contributed by atoms with van der Waals surface area (Å²) >= 11 is 0. The molecule has 2 nitrogen and oxygen atoms in total. The van der Waals surface area contributed by atoms with Crippen molar-refractivity contribution in [1.29, 1.82) is 0 Å². The molecule has 0 aromatic carbocycles. The van der Waals surface area contributed by atoms with Gasteiger partial charge in [-0.1, -0.05) is 13.8 Å². The summed E-state index contributed by atoms with van der Waals surface area (Å²) in [6.45, 7) is 3.06. The maximum Gasteiger partial charge on any atom is 0.426 e. The molecule has 0 aliphatic heterocycles. The molecule has 0 rings (SSSR count). The summed E-state index contributed by atoms with van der Waals surface area (Å²) in [6.07, 6.45) is -15.7. The second kappa shape index (κ2) is 5.01. The zero-order valence-electron chi connectivity index (χ0n) is 9.23. The number of hydrogen-bond donors (Lipinski definition) is 2. The van der Waals surface area contributed by atoms with E-state index in [4.69, 9.17) is 10.2 Å². The van der Waals surface area contributed by atoms with E-state index in [0.29, 0.717) is 0 Å². The van der Waals surface area contributed by atoms with E-state index in [1.807, 2.05) is 0 Å². The molecule has 0 fully saturated rings. The predicted molar refractivity (Wildman–Crippen MR) is 47.1 cm³/mol. The van der Waals surface area contributed by atoms with Crippen LogP contribution in [0.1, 0.15) is 26.7 Å². The quantitative estimate of drug-likeness (QED) is 0.769. The summed E-state index contributed by atoms with van der Waals surface area (Å²) in [5, 5.41) is 17.9. The van der Waals surface area contributed by atoms with Crippen LogP contribution in [-0.4, -0.2) is 34.3 Å². The van der Waals surface area contributed by atoms with Crippen LogP contribution in [0.2, 0.25) is 0 Å². The molecule has 0 saturated carbocycles. The van der Waals surface area contributed by atoms with Crippen molar-refractivity contribution in [3.8, 4) is 0 Å². The molecule has 0 heterocycles. The molecule has 17 heavy (non-hydrogen) atoms. The largest absolute Gasteiger partial charge is 0.426 e. The standard InChI is InChI=1S/C9H14F6O2/c1-5(2)3-6(16)4-7(17,8(10,11)12)9(13,14)15/h5-6,16-17H,3-4H2,1-2H3. The van der Waals surface area contributed by atoms with Gasteiger partial charge in [0.15, 0.2) is 0 Å². The third-order valence-electron chi connectivity index (χ3n) is 2.21. The molecule has 0 aliphatic carbocycles. The second-order valence-corrected chi connectivity index (χ2v) is 4.34. The lowest BCUT2D eigenvalue weighted by atomic mass is 9.91. The van der Waals surface area contributed by atoms with Gasteiger partial charge in [-0.05, 0) is 12.3 Å². The van der Waals surface area contributed by atoms with Gasteiger partial charge in [-0.3, -0.25) is 0 Å². The Morgan fingerprint density at radius 3 is 1.53 bits per heavy atom. The Hall–Kier alpha value is -0.500. The van der Waals surface area contributed by atoms with Crippen molar-refractivity contribution >= 4 is 0 Å². The van der Waals surface area contributed by atoms with Crippen LogP contribution in [0.4, 0.5) is 26.3 Å². The minimum Gasteiger partial charge on any atom is -0.393 e. The lowest BCUT2D eigenvalue weighted by Gasteiger charge is -2.34. The molecule has 1 unspecified atom stereocenters. The normalized spacial score (nSPS) is 16.4. The van der Waals surface area contributed by atoms with Crippen LogP contribution in [-0.2, 0) is 0 Å². The van der Waals surface area contributed by atoms with Crippen LogP contribution in [0.25, 0.3) is 0 Å². The van der Waals surface area contributed by atoms with Gasteiger partial charge in [0.2, 0.25) is 0 Å². The molecule has 0 aromatic heterocycles. The predicted octanol–water partition coefficient (Wildman–Crippen LogP) is 2.64. The van der Waals surface area contributed by atoms with Crippen LogP contribution in [0.5, 0.6) is 0 Å². The van der Waals surface area contributed by atoms with Gasteiger partial charge < -0.3 is 10.2 Å². The van der Waals surface area contributed by atoms with Crippen molar-refractivity contribution in [2.45, 2.75) is 50.7 Å². The van der Waals surface area contributed by atoms with Gasteiger partial charge >= 0.3 is 12.4 Å². The smallest absolute Gasteiger partial charge is 0.393 e. The van der Waals surface area contributed by atoms with Crippen molar-refractivity contribution in [3.05, 3.63) is 0 Å². The van der Waals surface area contributed by atoms with E-state index in [-0.39, 0.29) is 12.3 Å². The zero-order chi connectivity index (χ0) is 14.1. The van der Waals surface area contributed by atoms with Crippen LogP contribution < -0.4 is 0 Å². The molecule has 0 amide bonds. The summed E-state index contributed by atoms with van der Waals surface area (Å²) in [5.41, 5.74) is -4.87. The average molecular weight is 268 g/mol. The lowest BCUT2D eigenvalue weighted by molar-refractivity contribution is -0.374. The number of alkyl halides is 6. The molecule has 0 aromatic rings. The van der Waals surface area contributed by atoms with E-state index in [1.54, 1.807) is 0 Å². The molecule has 104 valence electrons. The number of rotatable bonds is 4. The van der Waals surface area contributed by atoms with Crippen LogP contribution in [0.3, 0.4) is 0 Å². The highest BCUT2D eigenvalue weighted by molar-refractivity contribution is 4.95. The SMILES string of the molecule is CC(C)CC(O)CC(O)(C(F)(F)F)C(F)(F)F. The summed E-state index contributed by atoms with van der Waals surface area (Å²) in [5.74, 6) is -0.282. The third-order valence-corrected chi connectivity index (χ3v) is 2.21. The summed E-state index contributed by atoms with van der Waals surface area (Å²) in [7, 11) is 0. The van der Waals surface area contributed by atoms with Gasteiger partial charge in [0.05, 0.1) is 6.10 Å². The molecular weight excluding hydrogens is 254 g/mol. The Kier molecular flexibility index (Phi) is 4.86. The van der Waals surface area contributed by atoms with Crippen LogP contribution in [0.15, 0.2) is 0 Å². The van der Waals surface area contributed by atoms with Crippen molar-refractivity contribution in [3.63, 3.8) is 0 Å². The topological polar surface area (TPSA) is 40.5 Å². The summed E-state index contributed by atoms with van der Waals surface area (Å²) in [6, 6.07) is 0. The average Bonchev–Trinajstić information content (AvgIpc) is 1.97. The lowest BCUT2D eigenvalue weighted by Crippen LogP contribution is -2.58. The first-order valence-electron chi connectivity index (χ1n) is 4.85. The minimum absolute atomic E-state index is 0.255. The van der Waals surface area contributed by atoms with E-state index in [1.165, 1.54) is 13.8 Å². The highest BCUT2D eigenvalue weighted by atomic mass is 19.4. The van der Waals surface area contributed by atoms with Gasteiger partial charge in [-0.2, -0.15) is 26.3 Å². The molecule has 2 N–H and O–H groups in total. The fraction of sp³-hybridized carbons (Fsp3) is 1.00. The highest BCUT2D eigenvalue weighted by Crippen LogP contribution is 2.46. The number of halogens is 6. The Morgan fingerprint density at radius 2 is 1.29 bits per heavy atom. The molecule has 0 spiro atoms. The Balaban J connectivity index is 4.99. The van der Waals surface area contributed by atoms with Gasteiger partial charge in [0.1, 0.15) is 0 Å². The van der Waals surface area contributed by atoms with Crippen molar-refractivity contribution in [2.24, 2.45) is 5.92 Å². The number of aliphatic hydroxyl groups excluding tert-OH is 1. The van der Waals surface area contributed by atoms with Crippen LogP contribution in [0, 0.1) is 5.92 Å². The van der Waals surface area contributed by atoms with E-state index in [0.717, 1.165) is 0 Å². The Labute approximate surface area is 94.2 Å². The second-order valence-electron chi connectivity index (χ2n) is 4.34. The zero-order valence-corrected chi connectivity index (χ0v) is 9.23. The minimum atomic E-state index is -5.87. The van der Waals surface area contributed by atoms with Crippen molar-refractivity contribution in [2.75, 3.05) is 0 Å². The third kappa shape index (κ3) is 4.02.